The topological polar surface area (TPSA) is 68.1 Å². The summed E-state index contributed by atoms with van der Waals surface area (Å²) in [5.41, 5.74) is 10.2. The van der Waals surface area contributed by atoms with Crippen molar-refractivity contribution in [3.05, 3.63) is 186 Å². The van der Waals surface area contributed by atoms with E-state index >= 15 is 0 Å². The summed E-state index contributed by atoms with van der Waals surface area (Å²) in [5.74, 6) is 1.35. The van der Waals surface area contributed by atoms with Gasteiger partial charge in [-0.05, 0) is 91.9 Å². The Morgan fingerprint density at radius 1 is 0.561 bits per heavy atom. The molecule has 5 heteroatoms. The Hall–Kier alpha value is -6.59. The predicted molar refractivity (Wildman–Crippen MR) is 231 cm³/mol. The largest absolute Gasteiger partial charge is 0.507 e. The summed E-state index contributed by atoms with van der Waals surface area (Å²) in [6, 6.07) is 57.7. The van der Waals surface area contributed by atoms with Crippen LogP contribution in [0.4, 0.5) is 0 Å². The fourth-order valence-electron chi connectivity index (χ4n) is 8.75. The van der Waals surface area contributed by atoms with Gasteiger partial charge in [0.15, 0.2) is 11.6 Å². The maximum Gasteiger partial charge on any atom is 0.320 e. The Kier molecular flexibility index (Phi) is 9.81. The summed E-state index contributed by atoms with van der Waals surface area (Å²) in [6.07, 6.45) is 4.38. The molecule has 9 rings (SSSR count). The highest BCUT2D eigenvalue weighted by atomic mass is 16.5. The highest BCUT2D eigenvalue weighted by molar-refractivity contribution is 6.09. The first-order valence-corrected chi connectivity index (χ1v) is 20.1. The molecule has 8 aromatic rings. The monoisotopic (exact) mass is 743 g/mol. The second kappa shape index (κ2) is 15.5. The maximum atomic E-state index is 11.1. The van der Waals surface area contributed by atoms with Crippen molar-refractivity contribution in [1.29, 1.82) is 0 Å². The molecule has 0 amide bonds. The molecule has 1 unspecified atom stereocenters. The number of rotatable bonds is 12. The minimum atomic E-state index is -0.669. The van der Waals surface area contributed by atoms with Crippen LogP contribution in [0.2, 0.25) is 0 Å². The van der Waals surface area contributed by atoms with Crippen LogP contribution >= 0.6 is 0 Å². The third-order valence-electron chi connectivity index (χ3n) is 11.7. The number of hydrogen-bond acceptors (Lipinski definition) is 5. The van der Waals surface area contributed by atoms with Crippen LogP contribution in [0.25, 0.3) is 55.8 Å². The molecule has 0 saturated heterocycles. The smallest absolute Gasteiger partial charge is 0.320 e. The molecule has 1 N–H and O–H groups in total. The third kappa shape index (κ3) is 6.43. The van der Waals surface area contributed by atoms with Gasteiger partial charge in [-0.1, -0.05) is 173 Å². The van der Waals surface area contributed by atoms with Crippen LogP contribution in [-0.4, -0.2) is 26.7 Å². The molecule has 1 aliphatic rings. The van der Waals surface area contributed by atoms with Crippen molar-refractivity contribution in [3.63, 3.8) is 0 Å². The van der Waals surface area contributed by atoms with E-state index in [1.54, 1.807) is 12.1 Å². The molecule has 280 valence electrons. The number of fused-ring (bicyclic) bond motifs is 5. The molecular formula is C52H45N3O2. The highest BCUT2D eigenvalue weighted by Crippen LogP contribution is 2.59. The number of phenols is 1. The van der Waals surface area contributed by atoms with Gasteiger partial charge < -0.3 is 9.84 Å². The van der Waals surface area contributed by atoms with Crippen LogP contribution in [0.15, 0.2) is 164 Å². The van der Waals surface area contributed by atoms with Gasteiger partial charge in [-0.15, -0.1) is 0 Å². The van der Waals surface area contributed by atoms with Gasteiger partial charge in [0.2, 0.25) is 0 Å². The third-order valence-corrected chi connectivity index (χ3v) is 11.7. The van der Waals surface area contributed by atoms with Crippen LogP contribution in [0.3, 0.4) is 0 Å². The molecule has 1 aliphatic carbocycles. The number of para-hydroxylation sites is 1. The number of aromatic nitrogens is 3. The summed E-state index contributed by atoms with van der Waals surface area (Å²) in [7, 11) is 0. The molecule has 0 radical (unpaired) electrons. The van der Waals surface area contributed by atoms with E-state index in [1.807, 2.05) is 12.1 Å². The Bertz CT molecular complexity index is 2640. The lowest BCUT2D eigenvalue weighted by atomic mass is 9.67. The van der Waals surface area contributed by atoms with Gasteiger partial charge in [0.1, 0.15) is 5.75 Å². The number of unbranched alkanes of at least 4 members (excludes halogenated alkanes) is 1. The molecule has 0 saturated carbocycles. The lowest BCUT2D eigenvalue weighted by Gasteiger charge is -2.34. The molecular weight excluding hydrogens is 699 g/mol. The van der Waals surface area contributed by atoms with Crippen LogP contribution in [0.1, 0.15) is 61.8 Å². The average Bonchev–Trinajstić information content (AvgIpc) is 3.57. The summed E-state index contributed by atoms with van der Waals surface area (Å²) in [6.45, 7) is 4.94. The Balaban J connectivity index is 1.34. The average molecular weight is 744 g/mol. The molecule has 0 fully saturated rings. The van der Waals surface area contributed by atoms with Crippen LogP contribution in [0.5, 0.6) is 11.8 Å². The predicted octanol–water partition coefficient (Wildman–Crippen LogP) is 12.7. The zero-order valence-electron chi connectivity index (χ0n) is 32.4. The van der Waals surface area contributed by atoms with Crippen molar-refractivity contribution in [1.82, 2.24) is 15.0 Å². The minimum Gasteiger partial charge on any atom is -0.507 e. The molecule has 0 aliphatic heterocycles. The zero-order valence-corrected chi connectivity index (χ0v) is 32.4. The maximum absolute atomic E-state index is 11.1. The van der Waals surface area contributed by atoms with Gasteiger partial charge >= 0.3 is 6.01 Å². The molecule has 1 heterocycles. The lowest BCUT2D eigenvalue weighted by molar-refractivity contribution is 0.217. The molecule has 0 bridgehead atoms. The fourth-order valence-corrected chi connectivity index (χ4v) is 8.75. The van der Waals surface area contributed by atoms with E-state index in [-0.39, 0.29) is 11.8 Å². The van der Waals surface area contributed by atoms with Gasteiger partial charge in [0.25, 0.3) is 0 Å². The molecule has 7 aromatic carbocycles. The molecule has 0 spiro atoms. The van der Waals surface area contributed by atoms with Crippen molar-refractivity contribution in [2.24, 2.45) is 5.92 Å². The van der Waals surface area contributed by atoms with Crippen LogP contribution in [-0.2, 0) is 5.41 Å². The summed E-state index contributed by atoms with van der Waals surface area (Å²) in [4.78, 5) is 15.1. The summed E-state index contributed by atoms with van der Waals surface area (Å²) >= 11 is 0. The minimum absolute atomic E-state index is 0.102. The lowest BCUT2D eigenvalue weighted by Crippen LogP contribution is -2.28. The van der Waals surface area contributed by atoms with Gasteiger partial charge in [-0.25, -0.2) is 4.98 Å². The van der Waals surface area contributed by atoms with Crippen molar-refractivity contribution in [2.45, 2.75) is 44.9 Å². The van der Waals surface area contributed by atoms with Crippen molar-refractivity contribution >= 4 is 10.8 Å². The summed E-state index contributed by atoms with van der Waals surface area (Å²) < 4.78 is 6.47. The second-order valence-electron chi connectivity index (χ2n) is 15.0. The quantitative estimate of drug-likeness (QED) is 0.135. The van der Waals surface area contributed by atoms with E-state index < -0.39 is 5.41 Å². The van der Waals surface area contributed by atoms with Crippen molar-refractivity contribution in [3.8, 4) is 56.8 Å². The van der Waals surface area contributed by atoms with E-state index in [1.165, 1.54) is 38.9 Å². The first kappa shape index (κ1) is 36.1. The number of hydrogen-bond donors (Lipinski definition) is 1. The fraction of sp³-hybridized carbons (Fsp3) is 0.173. The SMILES string of the molecule is CCCCC(CC)COc1nc(-c2ccccc2O)nc(-c2cc3c(c4ccccc24)-c2ccc(-c4ccccc4)cc2C3(c2ccccc2)c2ccccc2)n1. The van der Waals surface area contributed by atoms with E-state index in [9.17, 15) is 5.11 Å². The Labute approximate surface area is 334 Å². The molecule has 1 aromatic heterocycles. The van der Waals surface area contributed by atoms with E-state index in [0.717, 1.165) is 47.6 Å². The Morgan fingerprint density at radius 2 is 1.18 bits per heavy atom. The van der Waals surface area contributed by atoms with E-state index in [0.29, 0.717) is 29.7 Å². The van der Waals surface area contributed by atoms with Crippen molar-refractivity contribution < 1.29 is 9.84 Å². The standard InChI is InChI=1S/C52H45N3O2/c1-3-5-19-35(4-2)34-57-51-54-49(43-28-17-18-29-47(43)56)53-50(55-51)44-33-46-48(41-27-16-15-26-40(41)44)42-31-30-37(36-20-9-6-10-21-36)32-45(42)52(46,38-22-11-7-12-23-38)39-24-13-8-14-25-39/h6-18,20-33,35,56H,3-5,19,34H2,1-2H3. The van der Waals surface area contributed by atoms with Crippen LogP contribution < -0.4 is 4.74 Å². The van der Waals surface area contributed by atoms with Crippen LogP contribution in [0, 0.1) is 5.92 Å². The molecule has 57 heavy (non-hydrogen) atoms. The number of benzene rings is 7. The number of aromatic hydroxyl groups is 1. The Morgan fingerprint density at radius 3 is 1.84 bits per heavy atom. The second-order valence-corrected chi connectivity index (χ2v) is 15.0. The molecule has 1 atom stereocenters. The molecule has 5 nitrogen and oxygen atoms in total. The normalized spacial score (nSPS) is 13.2. The highest BCUT2D eigenvalue weighted by Gasteiger charge is 2.47. The summed E-state index contributed by atoms with van der Waals surface area (Å²) in [5, 5.41) is 13.2. The number of phenolic OH excluding ortho intramolecular Hbond substituents is 1. The van der Waals surface area contributed by atoms with Gasteiger partial charge in [-0.2, -0.15) is 9.97 Å². The van der Waals surface area contributed by atoms with E-state index in [4.69, 9.17) is 19.7 Å². The first-order valence-electron chi connectivity index (χ1n) is 20.1. The van der Waals surface area contributed by atoms with Crippen molar-refractivity contribution in [2.75, 3.05) is 6.61 Å². The van der Waals surface area contributed by atoms with Gasteiger partial charge in [0.05, 0.1) is 17.6 Å². The number of nitrogens with zero attached hydrogens (tertiary/aromatic N) is 3. The van der Waals surface area contributed by atoms with E-state index in [2.05, 4.69) is 153 Å². The number of ether oxygens (including phenoxy) is 1. The van der Waals surface area contributed by atoms with Gasteiger partial charge in [0, 0.05) is 5.56 Å². The zero-order chi connectivity index (χ0) is 38.8. The first-order chi connectivity index (χ1) is 28.1. The van der Waals surface area contributed by atoms with Gasteiger partial charge in [-0.3, -0.25) is 0 Å².